The van der Waals surface area contributed by atoms with E-state index in [0.717, 1.165) is 89.3 Å². The average Bonchev–Trinajstić information content (AvgIpc) is 3.83. The molecule has 4 heterocycles. The fourth-order valence-corrected chi connectivity index (χ4v) is 7.24. The van der Waals surface area contributed by atoms with Crippen LogP contribution in [0.4, 0.5) is 5.69 Å². The lowest BCUT2D eigenvalue weighted by Gasteiger charge is -2.30. The van der Waals surface area contributed by atoms with E-state index in [1.54, 1.807) is 6.33 Å². The molecule has 1 unspecified atom stereocenters. The first-order valence-corrected chi connectivity index (χ1v) is 16.2. The normalized spacial score (nSPS) is 18.6. The van der Waals surface area contributed by atoms with Gasteiger partial charge in [0, 0.05) is 47.5 Å². The van der Waals surface area contributed by atoms with Gasteiger partial charge in [-0.25, -0.2) is 9.97 Å². The summed E-state index contributed by atoms with van der Waals surface area (Å²) in [7, 11) is 0. The molecule has 0 spiro atoms. The SMILES string of the molecule is Cc1c(-c2ncnc3[nH]c(-c4ccc(CN5CCCC(C#N)C5)cc4)cc23)cccc1N1CCc2cc(C3CC3)ccc2C1=O. The van der Waals surface area contributed by atoms with Crippen LogP contribution >= 0.6 is 0 Å². The van der Waals surface area contributed by atoms with Crippen molar-refractivity contribution in [3.63, 3.8) is 0 Å². The highest BCUT2D eigenvalue weighted by Gasteiger charge is 2.30. The van der Waals surface area contributed by atoms with Gasteiger partial charge in [0.25, 0.3) is 5.91 Å². The number of piperidine rings is 1. The number of carbonyl (C=O) groups is 1. The quantitative estimate of drug-likeness (QED) is 0.222. The smallest absolute Gasteiger partial charge is 0.258 e. The number of hydrogen-bond donors (Lipinski definition) is 1. The molecule has 2 aliphatic heterocycles. The van der Waals surface area contributed by atoms with Crippen LogP contribution in [-0.4, -0.2) is 45.4 Å². The second-order valence-electron chi connectivity index (χ2n) is 12.9. The topological polar surface area (TPSA) is 88.9 Å². The van der Waals surface area contributed by atoms with Crippen LogP contribution in [0.5, 0.6) is 0 Å². The fourth-order valence-electron chi connectivity index (χ4n) is 7.24. The molecule has 5 aromatic rings. The minimum Gasteiger partial charge on any atom is -0.339 e. The van der Waals surface area contributed by atoms with Crippen LogP contribution in [0.3, 0.4) is 0 Å². The number of likely N-dealkylation sites (tertiary alicyclic amines) is 1. The summed E-state index contributed by atoms with van der Waals surface area (Å²) in [5.41, 5.74) is 11.3. The zero-order valence-electron chi connectivity index (χ0n) is 25.6. The molecule has 8 rings (SSSR count). The van der Waals surface area contributed by atoms with Crippen LogP contribution in [0.1, 0.15) is 64.2 Å². The molecule has 3 aliphatic rings. The molecule has 2 aromatic heterocycles. The Morgan fingerprint density at radius 3 is 2.67 bits per heavy atom. The monoisotopic (exact) mass is 592 g/mol. The van der Waals surface area contributed by atoms with Gasteiger partial charge in [0.2, 0.25) is 0 Å². The summed E-state index contributed by atoms with van der Waals surface area (Å²) in [4.78, 5) is 30.9. The van der Waals surface area contributed by atoms with Gasteiger partial charge >= 0.3 is 0 Å². The van der Waals surface area contributed by atoms with E-state index in [1.165, 1.54) is 29.5 Å². The number of rotatable bonds is 6. The summed E-state index contributed by atoms with van der Waals surface area (Å²) >= 11 is 0. The number of H-pyrrole nitrogens is 1. The lowest BCUT2D eigenvalue weighted by atomic mass is 9.93. The summed E-state index contributed by atoms with van der Waals surface area (Å²) < 4.78 is 0. The third kappa shape index (κ3) is 5.19. The molecule has 224 valence electrons. The molecule has 3 aromatic carbocycles. The second kappa shape index (κ2) is 11.3. The predicted molar refractivity (Wildman–Crippen MR) is 177 cm³/mol. The van der Waals surface area contributed by atoms with Gasteiger partial charge < -0.3 is 9.88 Å². The summed E-state index contributed by atoms with van der Waals surface area (Å²) in [6, 6.07) is 25.8. The molecule has 45 heavy (non-hydrogen) atoms. The Labute approximate surface area is 263 Å². The number of aromatic nitrogens is 3. The van der Waals surface area contributed by atoms with Gasteiger partial charge in [0.1, 0.15) is 12.0 Å². The van der Waals surface area contributed by atoms with Crippen molar-refractivity contribution < 1.29 is 4.79 Å². The molecule has 2 fully saturated rings. The van der Waals surface area contributed by atoms with Gasteiger partial charge in [-0.1, -0.05) is 48.5 Å². The van der Waals surface area contributed by atoms with E-state index < -0.39 is 0 Å². The molecule has 0 radical (unpaired) electrons. The molecule has 1 saturated heterocycles. The van der Waals surface area contributed by atoms with Crippen molar-refractivity contribution >= 4 is 22.6 Å². The maximum atomic E-state index is 13.7. The Hall–Kier alpha value is -4.80. The van der Waals surface area contributed by atoms with Crippen LogP contribution in [0.2, 0.25) is 0 Å². The highest BCUT2D eigenvalue weighted by atomic mass is 16.2. The van der Waals surface area contributed by atoms with Crippen LogP contribution in [0.15, 0.2) is 73.1 Å². The number of nitriles is 1. The number of anilines is 1. The van der Waals surface area contributed by atoms with E-state index in [9.17, 15) is 10.1 Å². The number of fused-ring (bicyclic) bond motifs is 2. The van der Waals surface area contributed by atoms with E-state index in [4.69, 9.17) is 4.98 Å². The van der Waals surface area contributed by atoms with Crippen molar-refractivity contribution in [3.05, 3.63) is 101 Å². The minimum atomic E-state index is 0.0734. The zero-order chi connectivity index (χ0) is 30.5. The van der Waals surface area contributed by atoms with Crippen molar-refractivity contribution in [2.24, 2.45) is 5.92 Å². The first kappa shape index (κ1) is 27.7. The molecule has 1 saturated carbocycles. The van der Waals surface area contributed by atoms with E-state index in [2.05, 4.69) is 76.4 Å². The maximum absolute atomic E-state index is 13.7. The van der Waals surface area contributed by atoms with E-state index in [-0.39, 0.29) is 11.8 Å². The van der Waals surface area contributed by atoms with Gasteiger partial charge in [-0.2, -0.15) is 5.26 Å². The average molecular weight is 593 g/mol. The van der Waals surface area contributed by atoms with E-state index in [1.807, 2.05) is 23.1 Å². The van der Waals surface area contributed by atoms with E-state index >= 15 is 0 Å². The molecular weight excluding hydrogens is 556 g/mol. The zero-order valence-corrected chi connectivity index (χ0v) is 25.6. The second-order valence-corrected chi connectivity index (χ2v) is 12.9. The molecule has 7 nitrogen and oxygen atoms in total. The number of hydrogen-bond acceptors (Lipinski definition) is 5. The molecular formula is C38H36N6O. The highest BCUT2D eigenvalue weighted by molar-refractivity contribution is 6.09. The summed E-state index contributed by atoms with van der Waals surface area (Å²) in [6.07, 6.45) is 7.09. The Balaban J connectivity index is 1.06. The fraction of sp³-hybridized carbons (Fsp3) is 0.316. The minimum absolute atomic E-state index is 0.0734. The van der Waals surface area contributed by atoms with E-state index in [0.29, 0.717) is 12.5 Å². The van der Waals surface area contributed by atoms with Crippen molar-refractivity contribution in [3.8, 4) is 28.6 Å². The number of aromatic amines is 1. The standard InChI is InChI=1S/C38H36N6O/c1-24-31(5-2-6-35(24)44-17-15-30-18-29(27-11-12-27)13-14-32(30)38(44)45)36-33-19-34(42-37(33)41-23-40-36)28-9-7-25(8-10-28)21-43-16-3-4-26(20-39)22-43/h2,5-10,13-14,18-19,23,26-27H,3-4,11-12,15-17,21-22H2,1H3,(H,40,41,42). The Kier molecular flexibility index (Phi) is 6.95. The number of nitrogens with one attached hydrogen (secondary N) is 1. The summed E-state index contributed by atoms with van der Waals surface area (Å²) in [6.45, 7) is 5.52. The van der Waals surface area contributed by atoms with Crippen molar-refractivity contribution in [1.82, 2.24) is 19.9 Å². The third-order valence-electron chi connectivity index (χ3n) is 9.89. The third-order valence-corrected chi connectivity index (χ3v) is 9.89. The molecule has 1 N–H and O–H groups in total. The molecule has 1 amide bonds. The number of benzene rings is 3. The maximum Gasteiger partial charge on any atom is 0.258 e. The predicted octanol–water partition coefficient (Wildman–Crippen LogP) is 7.42. The highest BCUT2D eigenvalue weighted by Crippen LogP contribution is 2.42. The lowest BCUT2D eigenvalue weighted by molar-refractivity contribution is 0.0980. The lowest BCUT2D eigenvalue weighted by Crippen LogP contribution is -2.38. The van der Waals surface area contributed by atoms with Crippen molar-refractivity contribution in [2.45, 2.75) is 51.5 Å². The Bertz CT molecular complexity index is 1970. The number of amides is 1. The van der Waals surface area contributed by atoms with Gasteiger partial charge in [-0.15, -0.1) is 0 Å². The summed E-state index contributed by atoms with van der Waals surface area (Å²) in [5, 5.41) is 10.3. The van der Waals surface area contributed by atoms with Crippen molar-refractivity contribution in [1.29, 1.82) is 5.26 Å². The Morgan fingerprint density at radius 1 is 0.978 bits per heavy atom. The van der Waals surface area contributed by atoms with Gasteiger partial charge in [-0.3, -0.25) is 9.69 Å². The first-order chi connectivity index (χ1) is 22.1. The molecule has 0 bridgehead atoms. The van der Waals surface area contributed by atoms with Crippen LogP contribution in [0, 0.1) is 24.2 Å². The molecule has 7 heteroatoms. The Morgan fingerprint density at radius 2 is 1.84 bits per heavy atom. The van der Waals surface area contributed by atoms with Gasteiger partial charge in [0.05, 0.1) is 17.7 Å². The van der Waals surface area contributed by atoms with Crippen LogP contribution in [0.25, 0.3) is 33.5 Å². The van der Waals surface area contributed by atoms with Crippen LogP contribution < -0.4 is 4.90 Å². The molecule has 1 aliphatic carbocycles. The number of carbonyl (C=O) groups excluding carboxylic acids is 1. The molecule has 1 atom stereocenters. The van der Waals surface area contributed by atoms with Crippen LogP contribution in [-0.2, 0) is 13.0 Å². The van der Waals surface area contributed by atoms with Crippen molar-refractivity contribution in [2.75, 3.05) is 24.5 Å². The largest absolute Gasteiger partial charge is 0.339 e. The van der Waals surface area contributed by atoms with Gasteiger partial charge in [0.15, 0.2) is 0 Å². The van der Waals surface area contributed by atoms with Gasteiger partial charge in [-0.05, 0) is 97.5 Å². The number of nitrogens with zero attached hydrogens (tertiary/aromatic N) is 5. The summed E-state index contributed by atoms with van der Waals surface area (Å²) in [5.74, 6) is 0.898. The first-order valence-electron chi connectivity index (χ1n) is 16.2.